The van der Waals surface area contributed by atoms with E-state index in [1.807, 2.05) is 0 Å². The number of primary amides is 1. The van der Waals surface area contributed by atoms with Crippen LogP contribution >= 0.6 is 0 Å². The number of carboxylic acids is 2. The minimum absolute atomic E-state index is 0.0183. The molecule has 0 aliphatic carbocycles. The largest absolute Gasteiger partial charge is 0.481 e. The van der Waals surface area contributed by atoms with Crippen molar-refractivity contribution in [3.8, 4) is 0 Å². The van der Waals surface area contributed by atoms with E-state index >= 15 is 0 Å². The second kappa shape index (κ2) is 13.4. The van der Waals surface area contributed by atoms with Gasteiger partial charge < -0.3 is 37.6 Å². The number of carboxylic acid groups (broad SMARTS) is 2. The third kappa shape index (κ3) is 10.7. The molecular weight excluding hydrogens is 438 g/mol. The van der Waals surface area contributed by atoms with Gasteiger partial charge in [0, 0.05) is 12.8 Å². The minimum Gasteiger partial charge on any atom is -0.481 e. The molecule has 1 aromatic carbocycles. The van der Waals surface area contributed by atoms with Crippen LogP contribution in [0.1, 0.15) is 24.8 Å². The van der Waals surface area contributed by atoms with E-state index in [0.717, 1.165) is 0 Å². The smallest absolute Gasteiger partial charge is 0.326 e. The molecule has 0 aliphatic rings. The van der Waals surface area contributed by atoms with Crippen LogP contribution in [-0.2, 0) is 35.2 Å². The molecule has 13 nitrogen and oxygen atoms in total. The maximum absolute atomic E-state index is 12.4. The van der Waals surface area contributed by atoms with Crippen LogP contribution in [0.5, 0.6) is 0 Å². The fourth-order valence-electron chi connectivity index (χ4n) is 2.69. The summed E-state index contributed by atoms with van der Waals surface area (Å²) in [6, 6.07) is 4.64. The van der Waals surface area contributed by atoms with Gasteiger partial charge in [0.15, 0.2) is 0 Å². The zero-order chi connectivity index (χ0) is 25.0. The molecule has 0 aromatic heterocycles. The third-order valence-electron chi connectivity index (χ3n) is 4.38. The number of benzene rings is 1. The summed E-state index contributed by atoms with van der Waals surface area (Å²) in [5.74, 6) is -5.98. The van der Waals surface area contributed by atoms with E-state index in [-0.39, 0.29) is 19.3 Å². The Bertz CT molecular complexity index is 876. The maximum atomic E-state index is 12.4. The van der Waals surface area contributed by atoms with Gasteiger partial charge >= 0.3 is 11.9 Å². The van der Waals surface area contributed by atoms with Crippen molar-refractivity contribution in [2.75, 3.05) is 6.54 Å². The molecule has 0 saturated heterocycles. The Labute approximate surface area is 188 Å². The number of amides is 4. The number of carbonyl (C=O) groups excluding carboxylic acids is 4. The second-order valence-corrected chi connectivity index (χ2v) is 7.14. The van der Waals surface area contributed by atoms with Crippen LogP contribution in [0.3, 0.4) is 0 Å². The summed E-state index contributed by atoms with van der Waals surface area (Å²) in [6.45, 7) is -0.631. The number of nitrogens with two attached hydrogens (primary N) is 2. The molecule has 0 heterocycles. The first kappa shape index (κ1) is 27.0. The van der Waals surface area contributed by atoms with Crippen LogP contribution in [0.2, 0.25) is 0 Å². The molecule has 0 saturated carbocycles. The van der Waals surface area contributed by atoms with Gasteiger partial charge in [0.1, 0.15) is 12.1 Å². The molecule has 0 spiro atoms. The highest BCUT2D eigenvalue weighted by Crippen LogP contribution is 2.03. The molecule has 3 unspecified atom stereocenters. The molecule has 4 amide bonds. The van der Waals surface area contributed by atoms with E-state index in [2.05, 4.69) is 16.0 Å². The number of aliphatic carboxylic acids is 2. The van der Waals surface area contributed by atoms with Crippen LogP contribution in [0.4, 0.5) is 0 Å². The van der Waals surface area contributed by atoms with Crippen molar-refractivity contribution in [1.82, 2.24) is 16.0 Å². The molecule has 180 valence electrons. The van der Waals surface area contributed by atoms with Crippen molar-refractivity contribution >= 4 is 35.6 Å². The first-order valence-electron chi connectivity index (χ1n) is 9.89. The summed E-state index contributed by atoms with van der Waals surface area (Å²) >= 11 is 0. The van der Waals surface area contributed by atoms with Gasteiger partial charge in [-0.05, 0) is 12.0 Å². The Morgan fingerprint density at radius 1 is 0.909 bits per heavy atom. The van der Waals surface area contributed by atoms with E-state index in [1.54, 1.807) is 30.3 Å². The van der Waals surface area contributed by atoms with E-state index in [4.69, 9.17) is 16.6 Å². The highest BCUT2D eigenvalue weighted by Gasteiger charge is 2.27. The Morgan fingerprint density at radius 2 is 1.55 bits per heavy atom. The van der Waals surface area contributed by atoms with Crippen LogP contribution < -0.4 is 27.4 Å². The summed E-state index contributed by atoms with van der Waals surface area (Å²) in [5, 5.41) is 24.6. The highest BCUT2D eigenvalue weighted by molar-refractivity contribution is 5.95. The maximum Gasteiger partial charge on any atom is 0.326 e. The Balaban J connectivity index is 2.66. The van der Waals surface area contributed by atoms with Gasteiger partial charge in [-0.1, -0.05) is 30.3 Å². The molecular formula is C20H27N5O8. The van der Waals surface area contributed by atoms with Crippen molar-refractivity contribution < 1.29 is 39.0 Å². The number of nitrogens with one attached hydrogen (secondary N) is 3. The molecule has 0 fully saturated rings. The molecule has 33 heavy (non-hydrogen) atoms. The summed E-state index contributed by atoms with van der Waals surface area (Å²) in [4.78, 5) is 69.8. The zero-order valence-corrected chi connectivity index (χ0v) is 17.7. The third-order valence-corrected chi connectivity index (χ3v) is 4.38. The predicted molar refractivity (Wildman–Crippen MR) is 113 cm³/mol. The van der Waals surface area contributed by atoms with Crippen LogP contribution in [-0.4, -0.2) is 70.5 Å². The average molecular weight is 465 g/mol. The molecule has 13 heteroatoms. The lowest BCUT2D eigenvalue weighted by Gasteiger charge is -2.20. The Kier molecular flexibility index (Phi) is 11.0. The van der Waals surface area contributed by atoms with Gasteiger partial charge in [0.25, 0.3) is 0 Å². The minimum atomic E-state index is -1.46. The Morgan fingerprint density at radius 3 is 2.09 bits per heavy atom. The van der Waals surface area contributed by atoms with Crippen LogP contribution in [0, 0.1) is 0 Å². The monoisotopic (exact) mass is 465 g/mol. The van der Waals surface area contributed by atoms with E-state index in [9.17, 15) is 33.9 Å². The average Bonchev–Trinajstić information content (AvgIpc) is 2.75. The van der Waals surface area contributed by atoms with Gasteiger partial charge in [0.05, 0.1) is 19.0 Å². The highest BCUT2D eigenvalue weighted by atomic mass is 16.4. The summed E-state index contributed by atoms with van der Waals surface area (Å²) < 4.78 is 0. The summed E-state index contributed by atoms with van der Waals surface area (Å²) in [6.07, 6.45) is -1.16. The first-order valence-corrected chi connectivity index (χ1v) is 9.89. The number of hydrogen-bond acceptors (Lipinski definition) is 7. The van der Waals surface area contributed by atoms with Crippen molar-refractivity contribution in [2.24, 2.45) is 11.5 Å². The molecule has 9 N–H and O–H groups in total. The Hall–Kier alpha value is -4.00. The van der Waals surface area contributed by atoms with Gasteiger partial charge in [0.2, 0.25) is 23.6 Å². The van der Waals surface area contributed by atoms with Crippen LogP contribution in [0.15, 0.2) is 30.3 Å². The van der Waals surface area contributed by atoms with Crippen molar-refractivity contribution in [1.29, 1.82) is 0 Å². The summed E-state index contributed by atoms with van der Waals surface area (Å²) in [7, 11) is 0. The molecule has 0 bridgehead atoms. The molecule has 3 atom stereocenters. The SMILES string of the molecule is NC(=O)CC(NC(=O)C(N)CCC(=O)O)C(=O)NCC(=O)NC(Cc1ccccc1)C(=O)O. The number of carbonyl (C=O) groups is 6. The number of hydrogen-bond donors (Lipinski definition) is 7. The van der Waals surface area contributed by atoms with Crippen molar-refractivity contribution in [2.45, 2.75) is 43.8 Å². The quantitative estimate of drug-likeness (QED) is 0.153. The predicted octanol–water partition coefficient (Wildman–Crippen LogP) is -2.53. The summed E-state index contributed by atoms with van der Waals surface area (Å²) in [5.41, 5.74) is 11.3. The molecule has 0 radical (unpaired) electrons. The molecule has 1 aromatic rings. The van der Waals surface area contributed by atoms with E-state index in [1.165, 1.54) is 0 Å². The van der Waals surface area contributed by atoms with E-state index < -0.39 is 66.7 Å². The zero-order valence-electron chi connectivity index (χ0n) is 17.7. The molecule has 1 rings (SSSR count). The number of rotatable bonds is 14. The lowest BCUT2D eigenvalue weighted by molar-refractivity contribution is -0.142. The lowest BCUT2D eigenvalue weighted by Crippen LogP contribution is -2.54. The second-order valence-electron chi connectivity index (χ2n) is 7.14. The van der Waals surface area contributed by atoms with Crippen molar-refractivity contribution in [3.63, 3.8) is 0 Å². The standard InChI is InChI=1S/C20H27N5O8/c21-12(6-7-17(28)29)18(30)25-13(9-15(22)26)19(31)23-10-16(27)24-14(20(32)33)8-11-4-2-1-3-5-11/h1-5,12-14H,6-10,21H2,(H2,22,26)(H,23,31)(H,24,27)(H,25,30)(H,28,29)(H,32,33). The van der Waals surface area contributed by atoms with Crippen LogP contribution in [0.25, 0.3) is 0 Å². The lowest BCUT2D eigenvalue weighted by atomic mass is 10.1. The van der Waals surface area contributed by atoms with Gasteiger partial charge in [-0.2, -0.15) is 0 Å². The normalized spacial score (nSPS) is 13.1. The molecule has 0 aliphatic heterocycles. The van der Waals surface area contributed by atoms with Gasteiger partial charge in [-0.3, -0.25) is 24.0 Å². The fourth-order valence-corrected chi connectivity index (χ4v) is 2.69. The van der Waals surface area contributed by atoms with Crippen molar-refractivity contribution in [3.05, 3.63) is 35.9 Å². The van der Waals surface area contributed by atoms with Gasteiger partial charge in [-0.15, -0.1) is 0 Å². The fraction of sp³-hybridized carbons (Fsp3) is 0.400. The van der Waals surface area contributed by atoms with Gasteiger partial charge in [-0.25, -0.2) is 4.79 Å². The topological polar surface area (TPSA) is 231 Å². The first-order chi connectivity index (χ1) is 15.5. The van der Waals surface area contributed by atoms with E-state index in [0.29, 0.717) is 5.56 Å².